The van der Waals surface area contributed by atoms with E-state index in [1.54, 1.807) is 4.57 Å². The van der Waals surface area contributed by atoms with Crippen molar-refractivity contribution >= 4 is 34.4 Å². The Hall–Kier alpha value is -3.59. The van der Waals surface area contributed by atoms with E-state index in [9.17, 15) is 4.79 Å². The highest BCUT2D eigenvalue weighted by Crippen LogP contribution is 2.23. The summed E-state index contributed by atoms with van der Waals surface area (Å²) >= 11 is 1.26. The summed E-state index contributed by atoms with van der Waals surface area (Å²) in [6, 6.07) is 15.1. The largest absolute Gasteiger partial charge is 0.494 e. The molecular weight excluding hydrogens is 424 g/mol. The van der Waals surface area contributed by atoms with Crippen molar-refractivity contribution in [3.8, 4) is 11.4 Å². The fourth-order valence-electron chi connectivity index (χ4n) is 3.29. The van der Waals surface area contributed by atoms with E-state index < -0.39 is 0 Å². The summed E-state index contributed by atoms with van der Waals surface area (Å²) in [5.74, 6) is 0.749. The van der Waals surface area contributed by atoms with E-state index >= 15 is 0 Å². The van der Waals surface area contributed by atoms with Crippen molar-refractivity contribution in [1.82, 2.24) is 19.7 Å². The van der Waals surface area contributed by atoms with Gasteiger partial charge in [0.15, 0.2) is 10.8 Å². The molecule has 4 rings (SSSR count). The second-order valence-corrected chi connectivity index (χ2v) is 8.20. The lowest BCUT2D eigenvalue weighted by Gasteiger charge is -2.14. The zero-order valence-corrected chi connectivity index (χ0v) is 18.9. The lowest BCUT2D eigenvalue weighted by Crippen LogP contribution is -2.23. The number of rotatable bonds is 7. The Morgan fingerprint density at radius 3 is 2.56 bits per heavy atom. The summed E-state index contributed by atoms with van der Waals surface area (Å²) < 4.78 is 7.26. The number of anilines is 1. The van der Waals surface area contributed by atoms with Gasteiger partial charge in [0, 0.05) is 17.1 Å². The topological polar surface area (TPSA) is 109 Å². The summed E-state index contributed by atoms with van der Waals surface area (Å²) in [7, 11) is 0. The molecule has 4 aromatic rings. The molecule has 2 aromatic carbocycles. The van der Waals surface area contributed by atoms with Crippen LogP contribution in [0.1, 0.15) is 18.2 Å². The molecule has 9 heteroatoms. The summed E-state index contributed by atoms with van der Waals surface area (Å²) in [4.78, 5) is 17.2. The molecular formula is C23H24N6O2S. The van der Waals surface area contributed by atoms with E-state index in [1.165, 1.54) is 11.8 Å². The maximum Gasteiger partial charge on any atom is 0.234 e. The van der Waals surface area contributed by atoms with Crippen molar-refractivity contribution in [3.05, 3.63) is 65.3 Å². The minimum atomic E-state index is -0.149. The zero-order valence-electron chi connectivity index (χ0n) is 18.1. The third-order valence-corrected chi connectivity index (χ3v) is 5.79. The van der Waals surface area contributed by atoms with Crippen LogP contribution in [-0.4, -0.2) is 38.0 Å². The quantitative estimate of drug-likeness (QED) is 0.293. The standard InChI is InChI=1S/C23H24N6O2S/c1-4-31-18-11-9-17(10-12-18)29-21(24)20-15(3)27-28-22(20)26-23(29)32-13-19(30)25-16-7-5-14(2)6-8-16/h5-12,24H,4,13H2,1-3H3,(H,25,30)(H,27,28). The second kappa shape index (κ2) is 9.27. The first-order chi connectivity index (χ1) is 15.5. The SMILES string of the molecule is CCOc1ccc(-n2c(SCC(=O)Nc3ccc(C)cc3)nc3n[nH]c(C)c3c2=N)cc1. The van der Waals surface area contributed by atoms with Gasteiger partial charge in [0.1, 0.15) is 11.2 Å². The highest BCUT2D eigenvalue weighted by molar-refractivity contribution is 7.99. The van der Waals surface area contributed by atoms with Gasteiger partial charge in [0.25, 0.3) is 0 Å². The molecule has 0 fully saturated rings. The molecule has 8 nitrogen and oxygen atoms in total. The predicted octanol–water partition coefficient (Wildman–Crippen LogP) is 3.97. The number of hydrogen-bond donors (Lipinski definition) is 3. The van der Waals surface area contributed by atoms with Crippen LogP contribution in [0.2, 0.25) is 0 Å². The third-order valence-electron chi connectivity index (χ3n) is 4.85. The van der Waals surface area contributed by atoms with Gasteiger partial charge in [-0.3, -0.25) is 19.9 Å². The number of H-pyrrole nitrogens is 1. The number of nitrogens with one attached hydrogen (secondary N) is 3. The Morgan fingerprint density at radius 1 is 1.16 bits per heavy atom. The van der Waals surface area contributed by atoms with Crippen molar-refractivity contribution < 1.29 is 9.53 Å². The lowest BCUT2D eigenvalue weighted by molar-refractivity contribution is -0.113. The van der Waals surface area contributed by atoms with Crippen LogP contribution in [0, 0.1) is 19.3 Å². The van der Waals surface area contributed by atoms with Crippen molar-refractivity contribution in [3.63, 3.8) is 0 Å². The molecule has 3 N–H and O–H groups in total. The smallest absolute Gasteiger partial charge is 0.234 e. The zero-order chi connectivity index (χ0) is 22.7. The molecule has 2 heterocycles. The normalized spacial score (nSPS) is 11.0. The fourth-order valence-corrected chi connectivity index (χ4v) is 4.10. The lowest BCUT2D eigenvalue weighted by atomic mass is 10.2. The fraction of sp³-hybridized carbons (Fsp3) is 0.217. The van der Waals surface area contributed by atoms with Crippen LogP contribution in [0.5, 0.6) is 5.75 Å². The molecule has 0 bridgehead atoms. The van der Waals surface area contributed by atoms with E-state index in [1.807, 2.05) is 69.3 Å². The number of ether oxygens (including phenoxy) is 1. The van der Waals surface area contributed by atoms with Gasteiger partial charge in [-0.05, 0) is 57.2 Å². The molecule has 0 radical (unpaired) electrons. The number of aryl methyl sites for hydroxylation is 2. The Morgan fingerprint density at radius 2 is 1.88 bits per heavy atom. The van der Waals surface area contributed by atoms with Crippen molar-refractivity contribution in [2.24, 2.45) is 0 Å². The van der Waals surface area contributed by atoms with Gasteiger partial charge >= 0.3 is 0 Å². The maximum atomic E-state index is 12.5. The van der Waals surface area contributed by atoms with Crippen LogP contribution in [-0.2, 0) is 4.79 Å². The number of aromatic amines is 1. The van der Waals surface area contributed by atoms with Crippen LogP contribution < -0.4 is 15.5 Å². The number of hydrogen-bond acceptors (Lipinski definition) is 6. The molecule has 0 atom stereocenters. The summed E-state index contributed by atoms with van der Waals surface area (Å²) in [6.45, 7) is 6.37. The molecule has 164 valence electrons. The van der Waals surface area contributed by atoms with E-state index in [0.717, 1.165) is 28.4 Å². The van der Waals surface area contributed by atoms with E-state index in [4.69, 9.17) is 10.1 Å². The number of aromatic nitrogens is 4. The number of nitrogens with zero attached hydrogens (tertiary/aromatic N) is 3. The Balaban J connectivity index is 1.65. The molecule has 0 aliphatic heterocycles. The van der Waals surface area contributed by atoms with Gasteiger partial charge in [-0.2, -0.15) is 5.10 Å². The highest BCUT2D eigenvalue weighted by Gasteiger charge is 2.16. The molecule has 2 aromatic heterocycles. The molecule has 0 saturated heterocycles. The van der Waals surface area contributed by atoms with Gasteiger partial charge in [-0.25, -0.2) is 4.98 Å². The minimum Gasteiger partial charge on any atom is -0.494 e. The summed E-state index contributed by atoms with van der Waals surface area (Å²) in [6.07, 6.45) is 0. The first kappa shape index (κ1) is 21.6. The first-order valence-corrected chi connectivity index (χ1v) is 11.2. The van der Waals surface area contributed by atoms with Crippen LogP contribution in [0.4, 0.5) is 5.69 Å². The van der Waals surface area contributed by atoms with Gasteiger partial charge in [0.05, 0.1) is 17.7 Å². The molecule has 0 spiro atoms. The number of carbonyl (C=O) groups is 1. The number of amides is 1. The van der Waals surface area contributed by atoms with Crippen LogP contribution in [0.25, 0.3) is 16.7 Å². The second-order valence-electron chi connectivity index (χ2n) is 7.26. The van der Waals surface area contributed by atoms with Crippen LogP contribution in [0.3, 0.4) is 0 Å². The highest BCUT2D eigenvalue weighted by atomic mass is 32.2. The van der Waals surface area contributed by atoms with Gasteiger partial charge in [-0.1, -0.05) is 29.5 Å². The number of carbonyl (C=O) groups excluding carboxylic acids is 1. The Kier molecular flexibility index (Phi) is 6.27. The molecule has 0 unspecified atom stereocenters. The van der Waals surface area contributed by atoms with E-state index in [-0.39, 0.29) is 17.1 Å². The van der Waals surface area contributed by atoms with Crippen LogP contribution >= 0.6 is 11.8 Å². The molecule has 0 aliphatic rings. The molecule has 1 amide bonds. The number of fused-ring (bicyclic) bond motifs is 1. The number of benzene rings is 2. The average molecular weight is 449 g/mol. The summed E-state index contributed by atoms with van der Waals surface area (Å²) in [5.41, 5.74) is 4.11. The molecule has 32 heavy (non-hydrogen) atoms. The van der Waals surface area contributed by atoms with E-state index in [2.05, 4.69) is 20.5 Å². The van der Waals surface area contributed by atoms with Gasteiger partial charge in [-0.15, -0.1) is 0 Å². The van der Waals surface area contributed by atoms with Crippen LogP contribution in [0.15, 0.2) is 53.7 Å². The monoisotopic (exact) mass is 448 g/mol. The van der Waals surface area contributed by atoms with Crippen molar-refractivity contribution in [1.29, 1.82) is 5.41 Å². The predicted molar refractivity (Wildman–Crippen MR) is 126 cm³/mol. The minimum absolute atomic E-state index is 0.145. The number of thioether (sulfide) groups is 1. The molecule has 0 aliphatic carbocycles. The maximum absolute atomic E-state index is 12.5. The van der Waals surface area contributed by atoms with Crippen molar-refractivity contribution in [2.45, 2.75) is 25.9 Å². The van der Waals surface area contributed by atoms with E-state index in [0.29, 0.717) is 22.8 Å². The summed E-state index contributed by atoms with van der Waals surface area (Å²) in [5, 5.41) is 20.0. The Labute approximate surface area is 189 Å². The van der Waals surface area contributed by atoms with Gasteiger partial charge < -0.3 is 10.1 Å². The first-order valence-electron chi connectivity index (χ1n) is 10.2. The third kappa shape index (κ3) is 4.52. The molecule has 0 saturated carbocycles. The van der Waals surface area contributed by atoms with Crippen molar-refractivity contribution in [2.75, 3.05) is 17.7 Å². The Bertz CT molecular complexity index is 1310. The average Bonchev–Trinajstić information content (AvgIpc) is 3.16. The van der Waals surface area contributed by atoms with Gasteiger partial charge in [0.2, 0.25) is 5.91 Å².